The van der Waals surface area contributed by atoms with E-state index in [-0.39, 0.29) is 6.04 Å². The van der Waals surface area contributed by atoms with Gasteiger partial charge in [0.2, 0.25) is 0 Å². The third-order valence-corrected chi connectivity index (χ3v) is 4.86. The maximum Gasteiger partial charge on any atom is 0.0369 e. The van der Waals surface area contributed by atoms with E-state index in [4.69, 9.17) is 5.73 Å². The molecule has 0 aliphatic carbocycles. The lowest BCUT2D eigenvalue weighted by Crippen LogP contribution is -2.22. The van der Waals surface area contributed by atoms with E-state index in [2.05, 4.69) is 71.0 Å². The second-order valence-electron chi connectivity index (χ2n) is 6.13. The van der Waals surface area contributed by atoms with Gasteiger partial charge in [-0.1, -0.05) is 43.3 Å². The first kappa shape index (κ1) is 15.8. The highest BCUT2D eigenvalue weighted by Crippen LogP contribution is 2.36. The van der Waals surface area contributed by atoms with E-state index in [1.54, 1.807) is 0 Å². The van der Waals surface area contributed by atoms with Gasteiger partial charge in [0.15, 0.2) is 0 Å². The summed E-state index contributed by atoms with van der Waals surface area (Å²) in [7, 11) is 0. The summed E-state index contributed by atoms with van der Waals surface area (Å²) in [5.41, 5.74) is 14.8. The summed E-state index contributed by atoms with van der Waals surface area (Å²) < 4.78 is 0. The summed E-state index contributed by atoms with van der Waals surface area (Å²) in [6, 6.07) is 13.0. The second-order valence-corrected chi connectivity index (χ2v) is 6.13. The van der Waals surface area contributed by atoms with Crippen LogP contribution in [0.1, 0.15) is 58.7 Å². The van der Waals surface area contributed by atoms with Gasteiger partial charge in [0.25, 0.3) is 0 Å². The maximum absolute atomic E-state index is 6.72. The number of rotatable bonds is 4. The molecule has 0 saturated heterocycles. The molecule has 2 N–H and O–H groups in total. The van der Waals surface area contributed by atoms with Crippen molar-refractivity contribution in [2.75, 3.05) is 0 Å². The first-order valence-electron chi connectivity index (χ1n) is 7.85. The molecule has 0 aliphatic heterocycles. The Labute approximate surface area is 129 Å². The van der Waals surface area contributed by atoms with Crippen LogP contribution in [0.25, 0.3) is 0 Å². The van der Waals surface area contributed by atoms with Crippen LogP contribution in [-0.2, 0) is 0 Å². The highest BCUT2D eigenvalue weighted by Gasteiger charge is 2.23. The van der Waals surface area contributed by atoms with Gasteiger partial charge in [-0.2, -0.15) is 0 Å². The van der Waals surface area contributed by atoms with Crippen LogP contribution in [0.15, 0.2) is 36.4 Å². The zero-order valence-electron chi connectivity index (χ0n) is 13.9. The first-order chi connectivity index (χ1) is 9.97. The molecule has 2 unspecified atom stereocenters. The summed E-state index contributed by atoms with van der Waals surface area (Å²) >= 11 is 0. The molecule has 21 heavy (non-hydrogen) atoms. The monoisotopic (exact) mass is 281 g/mol. The van der Waals surface area contributed by atoms with Crippen LogP contribution in [-0.4, -0.2) is 0 Å². The van der Waals surface area contributed by atoms with Crippen molar-refractivity contribution < 1.29 is 0 Å². The molecule has 0 heterocycles. The van der Waals surface area contributed by atoms with Crippen LogP contribution in [0.4, 0.5) is 0 Å². The van der Waals surface area contributed by atoms with Crippen LogP contribution in [0.5, 0.6) is 0 Å². The highest BCUT2D eigenvalue weighted by molar-refractivity contribution is 5.47. The molecular weight excluding hydrogens is 254 g/mol. The minimum Gasteiger partial charge on any atom is -0.323 e. The van der Waals surface area contributed by atoms with Crippen LogP contribution >= 0.6 is 0 Å². The Balaban J connectivity index is 2.51. The predicted molar refractivity (Wildman–Crippen MR) is 91.8 cm³/mol. The average Bonchev–Trinajstić information content (AvgIpc) is 2.47. The van der Waals surface area contributed by atoms with Crippen molar-refractivity contribution in [2.45, 2.75) is 53.0 Å². The third kappa shape index (κ3) is 3.03. The molecule has 2 aromatic carbocycles. The SMILES string of the molecule is CCC(c1ccccc1)C(N)c1c(C)c(C)cc(C)c1C. The van der Waals surface area contributed by atoms with E-state index in [1.807, 2.05) is 0 Å². The van der Waals surface area contributed by atoms with Crippen molar-refractivity contribution in [2.24, 2.45) is 5.73 Å². The molecule has 112 valence electrons. The van der Waals surface area contributed by atoms with Crippen molar-refractivity contribution >= 4 is 0 Å². The molecule has 0 saturated carbocycles. The van der Waals surface area contributed by atoms with Gasteiger partial charge in [-0.15, -0.1) is 0 Å². The van der Waals surface area contributed by atoms with Gasteiger partial charge in [0.1, 0.15) is 0 Å². The Bertz CT molecular complexity index is 587. The number of hydrogen-bond donors (Lipinski definition) is 1. The van der Waals surface area contributed by atoms with E-state index in [0.29, 0.717) is 5.92 Å². The van der Waals surface area contributed by atoms with Gasteiger partial charge in [-0.05, 0) is 67.5 Å². The second kappa shape index (κ2) is 6.44. The van der Waals surface area contributed by atoms with Gasteiger partial charge in [-0.25, -0.2) is 0 Å². The summed E-state index contributed by atoms with van der Waals surface area (Å²) in [4.78, 5) is 0. The number of aryl methyl sites for hydroxylation is 2. The molecule has 0 fully saturated rings. The lowest BCUT2D eigenvalue weighted by Gasteiger charge is -2.28. The standard InChI is InChI=1S/C20H27N/c1-6-18(17-10-8-7-9-11-17)20(21)19-15(4)13(2)12-14(3)16(19)5/h7-12,18,20H,6,21H2,1-5H3. The molecule has 2 rings (SSSR count). The molecule has 2 aromatic rings. The summed E-state index contributed by atoms with van der Waals surface area (Å²) in [5, 5.41) is 0. The Morgan fingerprint density at radius 3 is 1.90 bits per heavy atom. The molecule has 0 radical (unpaired) electrons. The molecule has 0 amide bonds. The molecule has 1 nitrogen and oxygen atoms in total. The fraction of sp³-hybridized carbons (Fsp3) is 0.400. The average molecular weight is 281 g/mol. The molecular formula is C20H27N. The van der Waals surface area contributed by atoms with Crippen molar-refractivity contribution in [1.29, 1.82) is 0 Å². The molecule has 0 bridgehead atoms. The minimum absolute atomic E-state index is 0.0519. The van der Waals surface area contributed by atoms with Crippen LogP contribution in [0.2, 0.25) is 0 Å². The fourth-order valence-corrected chi connectivity index (χ4v) is 3.35. The first-order valence-corrected chi connectivity index (χ1v) is 7.85. The zero-order chi connectivity index (χ0) is 15.6. The minimum atomic E-state index is 0.0519. The largest absolute Gasteiger partial charge is 0.323 e. The van der Waals surface area contributed by atoms with Gasteiger partial charge in [0, 0.05) is 12.0 Å². The van der Waals surface area contributed by atoms with Crippen LogP contribution in [0.3, 0.4) is 0 Å². The molecule has 0 aromatic heterocycles. The number of benzene rings is 2. The van der Waals surface area contributed by atoms with Gasteiger partial charge < -0.3 is 5.73 Å². The number of hydrogen-bond acceptors (Lipinski definition) is 1. The fourth-order valence-electron chi connectivity index (χ4n) is 3.35. The van der Waals surface area contributed by atoms with Crippen molar-refractivity contribution in [3.63, 3.8) is 0 Å². The molecule has 0 spiro atoms. The Hall–Kier alpha value is -1.60. The third-order valence-electron chi connectivity index (χ3n) is 4.86. The predicted octanol–water partition coefficient (Wildman–Crippen LogP) is 5.11. The van der Waals surface area contributed by atoms with Crippen LogP contribution < -0.4 is 5.73 Å². The topological polar surface area (TPSA) is 26.0 Å². The highest BCUT2D eigenvalue weighted by atomic mass is 14.7. The van der Waals surface area contributed by atoms with E-state index in [0.717, 1.165) is 6.42 Å². The Kier molecular flexibility index (Phi) is 4.84. The summed E-state index contributed by atoms with van der Waals surface area (Å²) in [6.07, 6.45) is 1.05. The maximum atomic E-state index is 6.72. The van der Waals surface area contributed by atoms with E-state index in [9.17, 15) is 0 Å². The Morgan fingerprint density at radius 2 is 1.43 bits per heavy atom. The quantitative estimate of drug-likeness (QED) is 0.827. The van der Waals surface area contributed by atoms with Gasteiger partial charge in [0.05, 0.1) is 0 Å². The zero-order valence-corrected chi connectivity index (χ0v) is 13.9. The van der Waals surface area contributed by atoms with Crippen molar-refractivity contribution in [3.8, 4) is 0 Å². The van der Waals surface area contributed by atoms with Crippen LogP contribution in [0, 0.1) is 27.7 Å². The molecule has 1 heteroatoms. The van der Waals surface area contributed by atoms with Gasteiger partial charge in [-0.3, -0.25) is 0 Å². The summed E-state index contributed by atoms with van der Waals surface area (Å²) in [6.45, 7) is 11.0. The van der Waals surface area contributed by atoms with E-state index < -0.39 is 0 Å². The lowest BCUT2D eigenvalue weighted by molar-refractivity contribution is 0.534. The lowest BCUT2D eigenvalue weighted by atomic mass is 9.80. The molecule has 0 aliphatic rings. The summed E-state index contributed by atoms with van der Waals surface area (Å²) in [5.74, 6) is 0.366. The van der Waals surface area contributed by atoms with Crippen molar-refractivity contribution in [3.05, 3.63) is 69.8 Å². The van der Waals surface area contributed by atoms with Crippen molar-refractivity contribution in [1.82, 2.24) is 0 Å². The Morgan fingerprint density at radius 1 is 0.905 bits per heavy atom. The van der Waals surface area contributed by atoms with E-state index >= 15 is 0 Å². The number of nitrogens with two attached hydrogens (primary N) is 1. The smallest absolute Gasteiger partial charge is 0.0369 e. The molecule has 2 atom stereocenters. The normalized spacial score (nSPS) is 14.0. The van der Waals surface area contributed by atoms with E-state index in [1.165, 1.54) is 33.4 Å². The van der Waals surface area contributed by atoms with Gasteiger partial charge >= 0.3 is 0 Å².